The molecule has 0 aromatic carbocycles. The SMILES string of the molecule is O=C(Nc1cnn(C2CCOC2)c1)c1ccc[n+]([O-])c1. The van der Waals surface area contributed by atoms with E-state index in [-0.39, 0.29) is 11.9 Å². The summed E-state index contributed by atoms with van der Waals surface area (Å²) in [7, 11) is 0. The van der Waals surface area contributed by atoms with Gasteiger partial charge in [0, 0.05) is 18.9 Å². The molecule has 0 radical (unpaired) electrons. The van der Waals surface area contributed by atoms with Gasteiger partial charge in [0.15, 0.2) is 12.4 Å². The summed E-state index contributed by atoms with van der Waals surface area (Å²) in [6, 6.07) is 3.33. The van der Waals surface area contributed by atoms with Crippen molar-refractivity contribution in [2.45, 2.75) is 12.5 Å². The van der Waals surface area contributed by atoms with Crippen LogP contribution in [0.5, 0.6) is 0 Å². The van der Waals surface area contributed by atoms with Gasteiger partial charge in [0.05, 0.1) is 24.5 Å². The van der Waals surface area contributed by atoms with E-state index in [2.05, 4.69) is 10.4 Å². The fraction of sp³-hybridized carbons (Fsp3) is 0.308. The minimum absolute atomic E-state index is 0.223. The zero-order valence-corrected chi connectivity index (χ0v) is 10.7. The molecule has 1 atom stereocenters. The van der Waals surface area contributed by atoms with Crippen molar-refractivity contribution in [1.29, 1.82) is 0 Å². The van der Waals surface area contributed by atoms with Crippen molar-refractivity contribution in [2.24, 2.45) is 0 Å². The van der Waals surface area contributed by atoms with Crippen LogP contribution < -0.4 is 10.0 Å². The van der Waals surface area contributed by atoms with Crippen LogP contribution in [0.3, 0.4) is 0 Å². The number of hydrogen-bond donors (Lipinski definition) is 1. The zero-order valence-electron chi connectivity index (χ0n) is 10.7. The average Bonchev–Trinajstić information content (AvgIpc) is 3.08. The lowest BCUT2D eigenvalue weighted by atomic mass is 10.2. The molecule has 1 aliphatic heterocycles. The molecule has 0 saturated carbocycles. The molecule has 1 unspecified atom stereocenters. The molecule has 1 aliphatic rings. The first-order chi connectivity index (χ1) is 9.72. The third-order valence-electron chi connectivity index (χ3n) is 3.18. The van der Waals surface area contributed by atoms with Gasteiger partial charge in [-0.05, 0) is 12.5 Å². The Morgan fingerprint density at radius 3 is 3.25 bits per heavy atom. The van der Waals surface area contributed by atoms with E-state index in [1.54, 1.807) is 23.1 Å². The number of nitrogens with zero attached hydrogens (tertiary/aromatic N) is 3. The summed E-state index contributed by atoms with van der Waals surface area (Å²) in [6.45, 7) is 1.38. The van der Waals surface area contributed by atoms with Crippen LogP contribution >= 0.6 is 0 Å². The predicted molar refractivity (Wildman–Crippen MR) is 70.1 cm³/mol. The number of hydrogen-bond acceptors (Lipinski definition) is 4. The smallest absolute Gasteiger partial charge is 0.261 e. The van der Waals surface area contributed by atoms with Gasteiger partial charge in [-0.15, -0.1) is 0 Å². The molecule has 1 fully saturated rings. The standard InChI is InChI=1S/C13H14N4O3/c18-13(10-2-1-4-16(19)7-10)15-11-6-14-17(8-11)12-3-5-20-9-12/h1-2,4,6-8,12H,3,5,9H2,(H,15,18). The third-order valence-corrected chi connectivity index (χ3v) is 3.18. The van der Waals surface area contributed by atoms with Crippen molar-refractivity contribution in [1.82, 2.24) is 9.78 Å². The number of carbonyl (C=O) groups excluding carboxylic acids is 1. The number of carbonyl (C=O) groups is 1. The highest BCUT2D eigenvalue weighted by molar-refractivity contribution is 6.03. The molecule has 2 aromatic rings. The molecule has 0 bridgehead atoms. The molecule has 3 heterocycles. The Bertz CT molecular complexity index is 620. The van der Waals surface area contributed by atoms with Gasteiger partial charge in [0.1, 0.15) is 5.56 Å². The van der Waals surface area contributed by atoms with E-state index in [0.29, 0.717) is 22.6 Å². The Morgan fingerprint density at radius 2 is 2.50 bits per heavy atom. The van der Waals surface area contributed by atoms with Crippen LogP contribution in [0.4, 0.5) is 5.69 Å². The highest BCUT2D eigenvalue weighted by Gasteiger charge is 2.19. The molecule has 2 aromatic heterocycles. The highest BCUT2D eigenvalue weighted by atomic mass is 16.5. The summed E-state index contributed by atoms with van der Waals surface area (Å²) in [5.74, 6) is -0.336. The molecule has 20 heavy (non-hydrogen) atoms. The van der Waals surface area contributed by atoms with E-state index in [9.17, 15) is 10.0 Å². The maximum absolute atomic E-state index is 12.0. The van der Waals surface area contributed by atoms with Gasteiger partial charge in [-0.3, -0.25) is 9.48 Å². The molecule has 0 aliphatic carbocycles. The average molecular weight is 274 g/mol. The Hall–Kier alpha value is -2.41. The van der Waals surface area contributed by atoms with Crippen molar-refractivity contribution < 1.29 is 14.3 Å². The Morgan fingerprint density at radius 1 is 1.60 bits per heavy atom. The molecular formula is C13H14N4O3. The monoisotopic (exact) mass is 274 g/mol. The van der Waals surface area contributed by atoms with E-state index >= 15 is 0 Å². The molecule has 1 amide bonds. The van der Waals surface area contributed by atoms with Gasteiger partial charge in [-0.25, -0.2) is 0 Å². The number of amides is 1. The van der Waals surface area contributed by atoms with Crippen LogP contribution in [0.1, 0.15) is 22.8 Å². The second kappa shape index (κ2) is 5.30. The first kappa shape index (κ1) is 12.6. The van der Waals surface area contributed by atoms with E-state index in [0.717, 1.165) is 13.0 Å². The van der Waals surface area contributed by atoms with Crippen LogP contribution in [-0.4, -0.2) is 28.9 Å². The van der Waals surface area contributed by atoms with Crippen molar-refractivity contribution >= 4 is 11.6 Å². The van der Waals surface area contributed by atoms with Gasteiger partial charge in [-0.1, -0.05) is 0 Å². The number of ether oxygens (including phenoxy) is 1. The molecule has 3 rings (SSSR count). The van der Waals surface area contributed by atoms with Crippen LogP contribution in [-0.2, 0) is 4.74 Å². The Labute approximate surface area is 115 Å². The lowest BCUT2D eigenvalue weighted by Gasteiger charge is -2.06. The largest absolute Gasteiger partial charge is 0.619 e. The van der Waals surface area contributed by atoms with Gasteiger partial charge < -0.3 is 15.3 Å². The maximum atomic E-state index is 12.0. The molecule has 1 saturated heterocycles. The van der Waals surface area contributed by atoms with Crippen molar-refractivity contribution in [3.05, 3.63) is 47.7 Å². The van der Waals surface area contributed by atoms with E-state index in [1.807, 2.05) is 0 Å². The van der Waals surface area contributed by atoms with Gasteiger partial charge in [0.2, 0.25) is 0 Å². The van der Waals surface area contributed by atoms with E-state index < -0.39 is 0 Å². The number of anilines is 1. The van der Waals surface area contributed by atoms with Crippen LogP contribution in [0, 0.1) is 5.21 Å². The van der Waals surface area contributed by atoms with Gasteiger partial charge in [0.25, 0.3) is 5.91 Å². The Kier molecular flexibility index (Phi) is 3.34. The first-order valence-electron chi connectivity index (χ1n) is 6.34. The van der Waals surface area contributed by atoms with E-state index in [1.165, 1.54) is 18.5 Å². The molecule has 0 spiro atoms. The third kappa shape index (κ3) is 2.62. The molecule has 7 nitrogen and oxygen atoms in total. The minimum Gasteiger partial charge on any atom is -0.619 e. The summed E-state index contributed by atoms with van der Waals surface area (Å²) >= 11 is 0. The molecule has 1 N–H and O–H groups in total. The number of rotatable bonds is 3. The normalized spacial score (nSPS) is 18.1. The molecular weight excluding hydrogens is 260 g/mol. The number of nitrogens with one attached hydrogen (secondary N) is 1. The number of pyridine rings is 1. The quantitative estimate of drug-likeness (QED) is 0.660. The Balaban J connectivity index is 1.70. The predicted octanol–water partition coefficient (Wildman–Crippen LogP) is 0.730. The van der Waals surface area contributed by atoms with Crippen LogP contribution in [0.15, 0.2) is 36.9 Å². The van der Waals surface area contributed by atoms with Gasteiger partial charge >= 0.3 is 0 Å². The second-order valence-corrected chi connectivity index (χ2v) is 4.63. The van der Waals surface area contributed by atoms with Crippen molar-refractivity contribution in [3.63, 3.8) is 0 Å². The summed E-state index contributed by atoms with van der Waals surface area (Å²) < 4.78 is 7.68. The summed E-state index contributed by atoms with van der Waals surface area (Å²) in [5, 5.41) is 18.1. The minimum atomic E-state index is -0.336. The van der Waals surface area contributed by atoms with Crippen molar-refractivity contribution in [3.8, 4) is 0 Å². The fourth-order valence-corrected chi connectivity index (χ4v) is 2.13. The highest BCUT2D eigenvalue weighted by Crippen LogP contribution is 2.19. The topological polar surface area (TPSA) is 83.1 Å². The lowest BCUT2D eigenvalue weighted by molar-refractivity contribution is -0.605. The molecule has 104 valence electrons. The van der Waals surface area contributed by atoms with Crippen LogP contribution in [0.25, 0.3) is 0 Å². The van der Waals surface area contributed by atoms with E-state index in [4.69, 9.17) is 4.74 Å². The van der Waals surface area contributed by atoms with Gasteiger partial charge in [-0.2, -0.15) is 9.83 Å². The summed E-state index contributed by atoms with van der Waals surface area (Å²) in [6.07, 6.45) is 6.83. The van der Waals surface area contributed by atoms with Crippen molar-refractivity contribution in [2.75, 3.05) is 18.5 Å². The summed E-state index contributed by atoms with van der Waals surface area (Å²) in [5.41, 5.74) is 0.905. The fourth-order valence-electron chi connectivity index (χ4n) is 2.13. The van der Waals surface area contributed by atoms with Crippen LogP contribution in [0.2, 0.25) is 0 Å². The summed E-state index contributed by atoms with van der Waals surface area (Å²) in [4.78, 5) is 12.0. The maximum Gasteiger partial charge on any atom is 0.261 e. The zero-order chi connectivity index (χ0) is 13.9. The number of aromatic nitrogens is 3. The second-order valence-electron chi connectivity index (χ2n) is 4.63. The lowest BCUT2D eigenvalue weighted by Crippen LogP contribution is -2.27. The molecule has 7 heteroatoms. The first-order valence-corrected chi connectivity index (χ1v) is 6.34.